The van der Waals surface area contributed by atoms with Crippen molar-refractivity contribution in [3.63, 3.8) is 0 Å². The Morgan fingerprint density at radius 3 is 0.897 bits per heavy atom. The molecule has 0 N–H and O–H groups in total. The number of hydrogen-bond donors (Lipinski definition) is 0. The summed E-state index contributed by atoms with van der Waals surface area (Å²) in [5.74, 6) is 0. The molecule has 12 rings (SSSR count). The topological polar surface area (TPSA) is 153 Å². The van der Waals surface area contributed by atoms with Gasteiger partial charge in [-0.3, -0.25) is 0 Å². The van der Waals surface area contributed by atoms with Crippen LogP contribution in [-0.2, 0) is 6.18 Å². The number of nitriles is 6. The molecule has 2 aromatic heterocycles. The number of hydrogen-bond acceptors (Lipinski definition) is 6. The zero-order chi connectivity index (χ0) is 53.8. The minimum Gasteiger partial charge on any atom is -0.309 e. The van der Waals surface area contributed by atoms with Gasteiger partial charge in [-0.05, 0) is 147 Å². The van der Waals surface area contributed by atoms with Gasteiger partial charge in [-0.1, -0.05) is 103 Å². The first-order valence-corrected chi connectivity index (χ1v) is 24.4. The Balaban J connectivity index is 1.22. The molecule has 362 valence electrons. The molecule has 0 atom stereocenters. The van der Waals surface area contributed by atoms with Gasteiger partial charge in [0.15, 0.2) is 0 Å². The molecule has 0 bridgehead atoms. The van der Waals surface area contributed by atoms with Crippen LogP contribution in [0.2, 0.25) is 0 Å². The quantitative estimate of drug-likeness (QED) is 0.155. The van der Waals surface area contributed by atoms with Gasteiger partial charge in [-0.2, -0.15) is 44.7 Å². The van der Waals surface area contributed by atoms with Crippen molar-refractivity contribution in [2.45, 2.75) is 6.18 Å². The highest BCUT2D eigenvalue weighted by Gasteiger charge is 2.36. The second-order valence-corrected chi connectivity index (χ2v) is 18.7. The molecule has 0 saturated heterocycles. The lowest BCUT2D eigenvalue weighted by Gasteiger charge is -2.21. The van der Waals surface area contributed by atoms with E-state index in [1.165, 1.54) is 12.1 Å². The number of fused-ring (bicyclic) bond motifs is 6. The summed E-state index contributed by atoms with van der Waals surface area (Å²) >= 11 is 0. The smallest absolute Gasteiger partial charge is 0.309 e. The molecule has 8 nitrogen and oxygen atoms in total. The summed E-state index contributed by atoms with van der Waals surface area (Å²) in [5.41, 5.74) is 9.99. The monoisotopic (exact) mass is 1010 g/mol. The zero-order valence-corrected chi connectivity index (χ0v) is 40.8. The van der Waals surface area contributed by atoms with Crippen LogP contribution in [0.15, 0.2) is 200 Å². The Labute approximate surface area is 444 Å². The maximum Gasteiger partial charge on any atom is 0.417 e. The maximum atomic E-state index is 15.8. The maximum absolute atomic E-state index is 15.8. The predicted octanol–water partition coefficient (Wildman–Crippen LogP) is 16.5. The number of alkyl halides is 3. The standard InChI is InChI=1S/C67H33F3N8/c68-67(69,70)60-27-44(38-75)9-22-54(60)59-33-61(77-62-28-49(45-10-1-40(34-71)2-11-45)18-23-55(62)56-24-19-50(29-63(56)77)46-12-3-41(35-72)4-13-46)53(39-76)32-66(59)78-64-30-51(47-14-5-42(36-73)6-15-47)20-25-57(64)58-26-21-52(31-65(58)78)48-16-7-43(37-74)8-17-48/h1-33H. The van der Waals surface area contributed by atoms with E-state index in [0.29, 0.717) is 44.3 Å². The largest absolute Gasteiger partial charge is 0.417 e. The van der Waals surface area contributed by atoms with Gasteiger partial charge in [0.25, 0.3) is 0 Å². The van der Waals surface area contributed by atoms with Crippen molar-refractivity contribution in [2.75, 3.05) is 0 Å². The normalized spacial score (nSPS) is 11.2. The second kappa shape index (κ2) is 18.8. The highest BCUT2D eigenvalue weighted by atomic mass is 19.4. The third-order valence-electron chi connectivity index (χ3n) is 14.4. The van der Waals surface area contributed by atoms with Crippen molar-refractivity contribution < 1.29 is 13.2 Å². The van der Waals surface area contributed by atoms with E-state index in [1.807, 2.05) is 137 Å². The summed E-state index contributed by atoms with van der Waals surface area (Å²) in [6.45, 7) is 0. The van der Waals surface area contributed by atoms with Crippen molar-refractivity contribution in [1.82, 2.24) is 9.13 Å². The van der Waals surface area contributed by atoms with Gasteiger partial charge in [0.05, 0.1) is 103 Å². The van der Waals surface area contributed by atoms with E-state index in [-0.39, 0.29) is 33.6 Å². The van der Waals surface area contributed by atoms with E-state index >= 15 is 13.2 Å². The molecular weight excluding hydrogens is 974 g/mol. The molecule has 0 fully saturated rings. The van der Waals surface area contributed by atoms with E-state index in [2.05, 4.69) is 30.3 Å². The van der Waals surface area contributed by atoms with Crippen molar-refractivity contribution in [3.8, 4) is 103 Å². The number of benzene rings is 10. The molecular formula is C67H33F3N8. The molecule has 11 heteroatoms. The van der Waals surface area contributed by atoms with Gasteiger partial charge >= 0.3 is 6.18 Å². The number of rotatable bonds is 7. The van der Waals surface area contributed by atoms with Gasteiger partial charge in [0.2, 0.25) is 0 Å². The minimum absolute atomic E-state index is 0.105. The summed E-state index contributed by atoms with van der Waals surface area (Å²) in [7, 11) is 0. The summed E-state index contributed by atoms with van der Waals surface area (Å²) in [6, 6.07) is 71.8. The van der Waals surface area contributed by atoms with Crippen LogP contribution in [0.4, 0.5) is 13.2 Å². The van der Waals surface area contributed by atoms with Crippen LogP contribution in [0.25, 0.3) is 111 Å². The predicted molar refractivity (Wildman–Crippen MR) is 296 cm³/mol. The van der Waals surface area contributed by atoms with Crippen molar-refractivity contribution >= 4 is 43.6 Å². The highest BCUT2D eigenvalue weighted by Crippen LogP contribution is 2.46. The highest BCUT2D eigenvalue weighted by molar-refractivity contribution is 6.13. The summed E-state index contributed by atoms with van der Waals surface area (Å²) in [5, 5.41) is 63.1. The average Bonchev–Trinajstić information content (AvgIpc) is 4.08. The lowest BCUT2D eigenvalue weighted by molar-refractivity contribution is -0.137. The van der Waals surface area contributed by atoms with Crippen LogP contribution in [0.3, 0.4) is 0 Å². The number of nitrogens with zero attached hydrogens (tertiary/aromatic N) is 8. The van der Waals surface area contributed by atoms with Gasteiger partial charge in [0, 0.05) is 27.1 Å². The molecule has 0 aliphatic carbocycles. The molecule has 0 radical (unpaired) electrons. The van der Waals surface area contributed by atoms with Crippen molar-refractivity contribution in [3.05, 3.63) is 239 Å². The first kappa shape index (κ1) is 47.5. The minimum atomic E-state index is -4.95. The molecule has 0 unspecified atom stereocenters. The van der Waals surface area contributed by atoms with E-state index in [1.54, 1.807) is 60.7 Å². The first-order chi connectivity index (χ1) is 38.0. The molecule has 0 aliphatic rings. The zero-order valence-electron chi connectivity index (χ0n) is 40.8. The van der Waals surface area contributed by atoms with E-state index in [9.17, 15) is 31.6 Å². The molecule has 0 amide bonds. The molecule has 12 aromatic rings. The molecule has 0 spiro atoms. The molecule has 78 heavy (non-hydrogen) atoms. The van der Waals surface area contributed by atoms with Gasteiger partial charge in [-0.25, -0.2) is 0 Å². The first-order valence-electron chi connectivity index (χ1n) is 24.4. The molecule has 2 heterocycles. The number of aromatic nitrogens is 2. The Morgan fingerprint density at radius 1 is 0.282 bits per heavy atom. The van der Waals surface area contributed by atoms with E-state index in [4.69, 9.17) is 0 Å². The summed E-state index contributed by atoms with van der Waals surface area (Å²) in [4.78, 5) is 0. The van der Waals surface area contributed by atoms with E-state index < -0.39 is 11.7 Å². The lowest BCUT2D eigenvalue weighted by Crippen LogP contribution is -2.10. The molecule has 0 saturated carbocycles. The van der Waals surface area contributed by atoms with Gasteiger partial charge in [-0.15, -0.1) is 0 Å². The van der Waals surface area contributed by atoms with Crippen LogP contribution in [-0.4, -0.2) is 9.13 Å². The van der Waals surface area contributed by atoms with Gasteiger partial charge in [0.1, 0.15) is 6.07 Å². The van der Waals surface area contributed by atoms with Crippen molar-refractivity contribution in [2.24, 2.45) is 0 Å². The van der Waals surface area contributed by atoms with Crippen LogP contribution >= 0.6 is 0 Å². The fraction of sp³-hybridized carbons (Fsp3) is 0.0149. The van der Waals surface area contributed by atoms with E-state index in [0.717, 1.165) is 72.1 Å². The van der Waals surface area contributed by atoms with Crippen LogP contribution in [0.5, 0.6) is 0 Å². The second-order valence-electron chi connectivity index (χ2n) is 18.7. The van der Waals surface area contributed by atoms with Gasteiger partial charge < -0.3 is 9.13 Å². The SMILES string of the molecule is N#Cc1ccc(-c2ccc3c4ccc(-c5ccc(C#N)cc5)cc4n(-c4cc(-c5ccc(C#N)cc5C(F)(F)F)c(-n5c6cc(-c7ccc(C#N)cc7)ccc6c6ccc(-c7ccc(C#N)cc7)cc65)cc4C#N)c3c2)cc1. The fourth-order valence-electron chi connectivity index (χ4n) is 10.6. The third kappa shape index (κ3) is 8.08. The fourth-order valence-corrected chi connectivity index (χ4v) is 10.6. The summed E-state index contributed by atoms with van der Waals surface area (Å²) in [6.07, 6.45) is -4.95. The Bertz CT molecular complexity index is 4520. The Hall–Kier alpha value is -11.5. The third-order valence-corrected chi connectivity index (χ3v) is 14.4. The van der Waals surface area contributed by atoms with Crippen LogP contribution in [0, 0.1) is 68.0 Å². The van der Waals surface area contributed by atoms with Crippen LogP contribution in [0.1, 0.15) is 38.9 Å². The van der Waals surface area contributed by atoms with Crippen LogP contribution < -0.4 is 0 Å². The molecule has 0 aliphatic heterocycles. The lowest BCUT2D eigenvalue weighted by atomic mass is 9.93. The van der Waals surface area contributed by atoms with Crippen molar-refractivity contribution in [1.29, 1.82) is 31.6 Å². The Kier molecular flexibility index (Phi) is 11.4. The average molecular weight is 1010 g/mol. The Morgan fingerprint density at radius 2 is 0.590 bits per heavy atom. The summed E-state index contributed by atoms with van der Waals surface area (Å²) < 4.78 is 51.2. The number of halogens is 3. The molecule has 10 aromatic carbocycles.